The van der Waals surface area contributed by atoms with Crippen LogP contribution < -0.4 is 10.2 Å². The Bertz CT molecular complexity index is 1000. The van der Waals surface area contributed by atoms with E-state index in [9.17, 15) is 19.7 Å². The van der Waals surface area contributed by atoms with Crippen molar-refractivity contribution in [3.8, 4) is 0 Å². The predicted molar refractivity (Wildman–Crippen MR) is 108 cm³/mol. The van der Waals surface area contributed by atoms with Gasteiger partial charge in [-0.1, -0.05) is 17.7 Å². The first-order chi connectivity index (χ1) is 13.9. The Labute approximate surface area is 171 Å². The lowest BCUT2D eigenvalue weighted by molar-refractivity contribution is -0.385. The Hall–Kier alpha value is -2.97. The zero-order valence-corrected chi connectivity index (χ0v) is 16.1. The molecule has 0 saturated carbocycles. The number of nitro groups is 1. The standard InChI is InChI=1S/C20H18ClN3O5/c21-13-4-6-16(24(27)28)15(10-13)19(25)22-14-5-3-12-7-8-23(17(12)11-14)20(26)18-2-1-9-29-18/h3-6,10-11,18H,1-2,7-9H2,(H,22,25). The number of anilines is 2. The second-order valence-corrected chi connectivity index (χ2v) is 7.39. The molecule has 8 nitrogen and oxygen atoms in total. The number of nitrogens with zero attached hydrogens (tertiary/aromatic N) is 2. The van der Waals surface area contributed by atoms with Crippen LogP contribution in [0.3, 0.4) is 0 Å². The molecule has 0 aliphatic carbocycles. The summed E-state index contributed by atoms with van der Waals surface area (Å²) in [6.07, 6.45) is 1.88. The second-order valence-electron chi connectivity index (χ2n) is 6.96. The number of rotatable bonds is 4. The Morgan fingerprint density at radius 2 is 2.07 bits per heavy atom. The summed E-state index contributed by atoms with van der Waals surface area (Å²) in [5.41, 5.74) is 1.71. The minimum absolute atomic E-state index is 0.0739. The number of ether oxygens (including phenoxy) is 1. The number of nitrogens with one attached hydrogen (secondary N) is 1. The lowest BCUT2D eigenvalue weighted by atomic mass is 10.1. The molecule has 29 heavy (non-hydrogen) atoms. The van der Waals surface area contributed by atoms with Gasteiger partial charge < -0.3 is 15.0 Å². The Morgan fingerprint density at radius 1 is 1.24 bits per heavy atom. The molecule has 9 heteroatoms. The van der Waals surface area contributed by atoms with Crippen LogP contribution in [0.4, 0.5) is 17.1 Å². The van der Waals surface area contributed by atoms with E-state index in [2.05, 4.69) is 5.32 Å². The first-order valence-electron chi connectivity index (χ1n) is 9.25. The highest BCUT2D eigenvalue weighted by Crippen LogP contribution is 2.33. The summed E-state index contributed by atoms with van der Waals surface area (Å²) in [7, 11) is 0. The van der Waals surface area contributed by atoms with Gasteiger partial charge in [0.2, 0.25) is 0 Å². The fraction of sp³-hybridized carbons (Fsp3) is 0.300. The highest BCUT2D eigenvalue weighted by atomic mass is 35.5. The fourth-order valence-corrected chi connectivity index (χ4v) is 3.85. The van der Waals surface area contributed by atoms with Gasteiger partial charge in [0.05, 0.1) is 4.92 Å². The maximum atomic E-state index is 12.7. The Kier molecular flexibility index (Phi) is 5.21. The Morgan fingerprint density at radius 3 is 2.79 bits per heavy atom. The summed E-state index contributed by atoms with van der Waals surface area (Å²) in [4.78, 5) is 37.7. The van der Waals surface area contributed by atoms with Crippen LogP contribution in [0.2, 0.25) is 5.02 Å². The molecule has 2 aliphatic rings. The molecule has 0 radical (unpaired) electrons. The van der Waals surface area contributed by atoms with E-state index in [0.717, 1.165) is 24.1 Å². The van der Waals surface area contributed by atoms with Gasteiger partial charge in [-0.05, 0) is 49.1 Å². The molecule has 1 fully saturated rings. The smallest absolute Gasteiger partial charge is 0.282 e. The van der Waals surface area contributed by atoms with Gasteiger partial charge >= 0.3 is 0 Å². The summed E-state index contributed by atoms with van der Waals surface area (Å²) in [6, 6.07) is 9.09. The van der Waals surface area contributed by atoms with E-state index in [0.29, 0.717) is 25.3 Å². The van der Waals surface area contributed by atoms with Gasteiger partial charge in [-0.3, -0.25) is 19.7 Å². The Balaban J connectivity index is 1.58. The molecule has 1 N–H and O–H groups in total. The number of benzene rings is 2. The number of carbonyl (C=O) groups excluding carboxylic acids is 2. The average Bonchev–Trinajstić information content (AvgIpc) is 3.37. The summed E-state index contributed by atoms with van der Waals surface area (Å²) >= 11 is 5.90. The number of carbonyl (C=O) groups is 2. The normalized spacial score (nSPS) is 17.8. The van der Waals surface area contributed by atoms with E-state index in [-0.39, 0.29) is 22.2 Å². The van der Waals surface area contributed by atoms with E-state index in [1.807, 2.05) is 6.07 Å². The molecule has 0 spiro atoms. The maximum absolute atomic E-state index is 12.7. The SMILES string of the molecule is O=C(Nc1ccc2c(c1)N(C(=O)C1CCCO1)CC2)c1cc(Cl)ccc1[N+](=O)[O-]. The third-order valence-electron chi connectivity index (χ3n) is 5.11. The van der Waals surface area contributed by atoms with Crippen LogP contribution in [0.15, 0.2) is 36.4 Å². The number of hydrogen-bond donors (Lipinski definition) is 1. The molecule has 1 atom stereocenters. The molecule has 1 saturated heterocycles. The number of halogens is 1. The van der Waals surface area contributed by atoms with E-state index in [1.165, 1.54) is 18.2 Å². The van der Waals surface area contributed by atoms with Gasteiger partial charge in [0, 0.05) is 35.6 Å². The molecule has 2 heterocycles. The van der Waals surface area contributed by atoms with Crippen molar-refractivity contribution in [2.45, 2.75) is 25.4 Å². The van der Waals surface area contributed by atoms with Crippen LogP contribution in [0.1, 0.15) is 28.8 Å². The van der Waals surface area contributed by atoms with Crippen molar-refractivity contribution in [1.82, 2.24) is 0 Å². The van der Waals surface area contributed by atoms with Gasteiger partial charge in [0.1, 0.15) is 11.7 Å². The van der Waals surface area contributed by atoms with Crippen LogP contribution in [0, 0.1) is 10.1 Å². The first-order valence-corrected chi connectivity index (χ1v) is 9.63. The summed E-state index contributed by atoms with van der Waals surface area (Å²) in [5.74, 6) is -0.718. The van der Waals surface area contributed by atoms with Crippen molar-refractivity contribution >= 4 is 40.5 Å². The van der Waals surface area contributed by atoms with Gasteiger partial charge in [-0.25, -0.2) is 0 Å². The van der Waals surface area contributed by atoms with E-state index in [4.69, 9.17) is 16.3 Å². The lowest BCUT2D eigenvalue weighted by Crippen LogP contribution is -2.37. The number of amides is 2. The molecule has 2 aromatic carbocycles. The molecule has 150 valence electrons. The van der Waals surface area contributed by atoms with Crippen LogP contribution in [0.5, 0.6) is 0 Å². The van der Waals surface area contributed by atoms with Crippen molar-refractivity contribution in [3.63, 3.8) is 0 Å². The minimum Gasteiger partial charge on any atom is -0.368 e. The predicted octanol–water partition coefficient (Wildman–Crippen LogP) is 3.57. The van der Waals surface area contributed by atoms with Crippen LogP contribution in [0.25, 0.3) is 0 Å². The average molecular weight is 416 g/mol. The van der Waals surface area contributed by atoms with Crippen molar-refractivity contribution < 1.29 is 19.2 Å². The summed E-state index contributed by atoms with van der Waals surface area (Å²) < 4.78 is 5.50. The molecule has 2 amide bonds. The number of fused-ring (bicyclic) bond motifs is 1. The first kappa shape index (κ1) is 19.4. The number of hydrogen-bond acceptors (Lipinski definition) is 5. The second kappa shape index (κ2) is 7.81. The van der Waals surface area contributed by atoms with Crippen LogP contribution in [-0.4, -0.2) is 36.0 Å². The van der Waals surface area contributed by atoms with E-state index >= 15 is 0 Å². The quantitative estimate of drug-likeness (QED) is 0.607. The lowest BCUT2D eigenvalue weighted by Gasteiger charge is -2.21. The highest BCUT2D eigenvalue weighted by Gasteiger charge is 2.33. The molecule has 2 aromatic rings. The molecular weight excluding hydrogens is 398 g/mol. The molecule has 0 bridgehead atoms. The zero-order valence-electron chi connectivity index (χ0n) is 15.4. The molecular formula is C20H18ClN3O5. The van der Waals surface area contributed by atoms with Gasteiger partial charge in [-0.2, -0.15) is 0 Å². The topological polar surface area (TPSA) is 102 Å². The minimum atomic E-state index is -0.644. The van der Waals surface area contributed by atoms with Crippen molar-refractivity contribution in [2.24, 2.45) is 0 Å². The van der Waals surface area contributed by atoms with Gasteiger partial charge in [0.15, 0.2) is 0 Å². The number of nitro benzene ring substituents is 1. The van der Waals surface area contributed by atoms with Gasteiger partial charge in [0.25, 0.3) is 17.5 Å². The third kappa shape index (κ3) is 3.81. The van der Waals surface area contributed by atoms with Crippen LogP contribution >= 0.6 is 11.6 Å². The largest absolute Gasteiger partial charge is 0.368 e. The molecule has 1 unspecified atom stereocenters. The van der Waals surface area contributed by atoms with E-state index in [1.54, 1.807) is 17.0 Å². The van der Waals surface area contributed by atoms with Gasteiger partial charge in [-0.15, -0.1) is 0 Å². The fourth-order valence-electron chi connectivity index (χ4n) is 3.68. The maximum Gasteiger partial charge on any atom is 0.282 e. The third-order valence-corrected chi connectivity index (χ3v) is 5.34. The van der Waals surface area contributed by atoms with Crippen molar-refractivity contribution in [2.75, 3.05) is 23.4 Å². The van der Waals surface area contributed by atoms with Crippen molar-refractivity contribution in [3.05, 3.63) is 62.7 Å². The molecule has 0 aromatic heterocycles. The summed E-state index contributed by atoms with van der Waals surface area (Å²) in [5, 5.41) is 14.1. The van der Waals surface area contributed by atoms with Crippen LogP contribution in [-0.2, 0) is 16.0 Å². The monoisotopic (exact) mass is 415 g/mol. The molecule has 4 rings (SSSR count). The van der Waals surface area contributed by atoms with Crippen molar-refractivity contribution in [1.29, 1.82) is 0 Å². The van der Waals surface area contributed by atoms with E-state index < -0.39 is 16.9 Å². The molecule has 2 aliphatic heterocycles. The zero-order chi connectivity index (χ0) is 20.5. The highest BCUT2D eigenvalue weighted by molar-refractivity contribution is 6.31. The summed E-state index contributed by atoms with van der Waals surface area (Å²) in [6.45, 7) is 1.15.